The lowest BCUT2D eigenvalue weighted by molar-refractivity contribution is 0.148. The minimum Gasteiger partial charge on any atom is -0.478 e. The number of H-pyrrole nitrogens is 1. The summed E-state index contributed by atoms with van der Waals surface area (Å²) in [6.45, 7) is 6.24. The molecule has 1 aliphatic rings. The molecule has 0 aliphatic carbocycles. The summed E-state index contributed by atoms with van der Waals surface area (Å²) in [6, 6.07) is 6.86. The van der Waals surface area contributed by atoms with Gasteiger partial charge in [-0.25, -0.2) is 14.2 Å². The molecule has 1 aliphatic heterocycles. The van der Waals surface area contributed by atoms with Gasteiger partial charge in [0.2, 0.25) is 11.4 Å². The number of benzene rings is 1. The van der Waals surface area contributed by atoms with Crippen molar-refractivity contribution in [3.63, 3.8) is 0 Å². The Kier molecular flexibility index (Phi) is 6.88. The largest absolute Gasteiger partial charge is 0.478 e. The minimum absolute atomic E-state index is 0.00744. The number of hydrogen-bond donors (Lipinski definition) is 2. The molecule has 2 atom stereocenters. The van der Waals surface area contributed by atoms with Crippen LogP contribution in [0, 0.1) is 5.82 Å². The van der Waals surface area contributed by atoms with Gasteiger partial charge in [0, 0.05) is 41.7 Å². The summed E-state index contributed by atoms with van der Waals surface area (Å²) in [5.74, 6) is -0.136. The molecule has 0 fully saturated rings. The van der Waals surface area contributed by atoms with Crippen LogP contribution >= 0.6 is 11.6 Å². The lowest BCUT2D eigenvalue weighted by atomic mass is 9.89. The van der Waals surface area contributed by atoms with Crippen LogP contribution in [0.1, 0.15) is 44.4 Å². The van der Waals surface area contributed by atoms with E-state index in [0.717, 1.165) is 11.1 Å². The third-order valence-corrected chi connectivity index (χ3v) is 6.30. The molecule has 0 saturated carbocycles. The van der Waals surface area contributed by atoms with Crippen molar-refractivity contribution in [2.24, 2.45) is 0 Å². The number of pyridine rings is 2. The molecule has 2 aromatic heterocycles. The molecular formula is C25H26ClFN4O3. The van der Waals surface area contributed by atoms with E-state index in [1.165, 1.54) is 12.1 Å². The highest BCUT2D eigenvalue weighted by molar-refractivity contribution is 6.33. The Balaban J connectivity index is 1.58. The van der Waals surface area contributed by atoms with E-state index in [1.54, 1.807) is 35.5 Å². The number of nitrogens with zero attached hydrogens (tertiary/aromatic N) is 2. The average molecular weight is 485 g/mol. The third kappa shape index (κ3) is 4.63. The maximum Gasteiger partial charge on any atom is 0.322 e. The van der Waals surface area contributed by atoms with Gasteiger partial charge in [0.15, 0.2) is 0 Å². The van der Waals surface area contributed by atoms with Crippen LogP contribution in [0.3, 0.4) is 0 Å². The van der Waals surface area contributed by atoms with Crippen LogP contribution in [0.15, 0.2) is 47.5 Å². The van der Waals surface area contributed by atoms with Gasteiger partial charge in [-0.15, -0.1) is 0 Å². The molecule has 4 rings (SSSR count). The summed E-state index contributed by atoms with van der Waals surface area (Å²) in [4.78, 5) is 33.6. The summed E-state index contributed by atoms with van der Waals surface area (Å²) < 4.78 is 20.4. The number of aromatic amines is 1. The molecule has 0 saturated heterocycles. The van der Waals surface area contributed by atoms with Crippen LogP contribution < -0.4 is 15.6 Å². The molecule has 3 aromatic rings. The molecule has 3 heterocycles. The molecule has 2 amide bonds. The molecule has 34 heavy (non-hydrogen) atoms. The zero-order valence-corrected chi connectivity index (χ0v) is 19.9. The Bertz CT molecular complexity index is 1260. The standard InChI is InChI=1S/C25H26ClFN4O3/c1-4-22-18-13-28-23(32)9-16(18)8-14(3)31(22)25(33)30-21-11-19(26)17(10-20(21)27)15-6-7-24(29-12-15)34-5-2/h6-7,9-14,22H,4-5,8H2,1-3H3,(H,28,32)(H,30,33)/t14?,22-/m0/s1. The molecule has 1 aromatic carbocycles. The summed E-state index contributed by atoms with van der Waals surface area (Å²) >= 11 is 6.45. The van der Waals surface area contributed by atoms with Gasteiger partial charge < -0.3 is 19.9 Å². The fraction of sp³-hybridized carbons (Fsp3) is 0.320. The monoisotopic (exact) mass is 484 g/mol. The van der Waals surface area contributed by atoms with Crippen LogP contribution in [0.4, 0.5) is 14.9 Å². The number of hydrogen-bond acceptors (Lipinski definition) is 4. The summed E-state index contributed by atoms with van der Waals surface area (Å²) in [6.07, 6.45) is 4.40. The topological polar surface area (TPSA) is 87.3 Å². The second-order valence-electron chi connectivity index (χ2n) is 8.22. The molecule has 2 N–H and O–H groups in total. The molecular weight excluding hydrogens is 459 g/mol. The van der Waals surface area contributed by atoms with Crippen LogP contribution in [0.2, 0.25) is 5.02 Å². The van der Waals surface area contributed by atoms with E-state index in [4.69, 9.17) is 16.3 Å². The summed E-state index contributed by atoms with van der Waals surface area (Å²) in [7, 11) is 0. The Morgan fingerprint density at radius 3 is 2.79 bits per heavy atom. The SMILES string of the molecule is CCOc1ccc(-c2cc(F)c(NC(=O)N3C(C)Cc4cc(=O)[nH]cc4[C@@H]3CC)cc2Cl)cn1. The number of fused-ring (bicyclic) bond motifs is 1. The molecule has 0 radical (unpaired) electrons. The maximum atomic E-state index is 15.0. The zero-order valence-electron chi connectivity index (χ0n) is 19.2. The average Bonchev–Trinajstić information content (AvgIpc) is 2.80. The van der Waals surface area contributed by atoms with E-state index in [1.807, 2.05) is 20.8 Å². The first-order chi connectivity index (χ1) is 16.3. The molecule has 178 valence electrons. The van der Waals surface area contributed by atoms with E-state index in [9.17, 15) is 9.59 Å². The number of amides is 2. The number of carbonyl (C=O) groups excluding carboxylic acids is 1. The van der Waals surface area contributed by atoms with Crippen molar-refractivity contribution in [1.29, 1.82) is 0 Å². The Morgan fingerprint density at radius 1 is 1.32 bits per heavy atom. The van der Waals surface area contributed by atoms with Crippen molar-refractivity contribution in [2.45, 2.75) is 45.7 Å². The van der Waals surface area contributed by atoms with E-state index < -0.39 is 11.8 Å². The zero-order chi connectivity index (χ0) is 24.4. The van der Waals surface area contributed by atoms with E-state index in [0.29, 0.717) is 36.5 Å². The van der Waals surface area contributed by atoms with E-state index >= 15 is 4.39 Å². The highest BCUT2D eigenvalue weighted by Gasteiger charge is 2.35. The molecule has 1 unspecified atom stereocenters. The van der Waals surface area contributed by atoms with Crippen molar-refractivity contribution in [2.75, 3.05) is 11.9 Å². The number of ether oxygens (including phenoxy) is 1. The fourth-order valence-corrected chi connectivity index (χ4v) is 4.73. The smallest absolute Gasteiger partial charge is 0.322 e. The van der Waals surface area contributed by atoms with E-state index in [-0.39, 0.29) is 28.4 Å². The molecule has 9 heteroatoms. The van der Waals surface area contributed by atoms with Gasteiger partial charge >= 0.3 is 6.03 Å². The number of rotatable bonds is 5. The quantitative estimate of drug-likeness (QED) is 0.496. The summed E-state index contributed by atoms with van der Waals surface area (Å²) in [5, 5.41) is 2.96. The van der Waals surface area contributed by atoms with Crippen molar-refractivity contribution < 1.29 is 13.9 Å². The van der Waals surface area contributed by atoms with Gasteiger partial charge in [0.25, 0.3) is 0 Å². The van der Waals surface area contributed by atoms with Crippen molar-refractivity contribution in [1.82, 2.24) is 14.9 Å². The number of halogens is 2. The minimum atomic E-state index is -0.607. The Hall–Kier alpha value is -3.39. The predicted molar refractivity (Wildman–Crippen MR) is 130 cm³/mol. The number of carbonyl (C=O) groups is 1. The van der Waals surface area contributed by atoms with Gasteiger partial charge in [-0.05, 0) is 56.0 Å². The normalized spacial score (nSPS) is 17.3. The van der Waals surface area contributed by atoms with Gasteiger partial charge in [-0.1, -0.05) is 18.5 Å². The number of aromatic nitrogens is 2. The van der Waals surface area contributed by atoms with Gasteiger partial charge in [0.05, 0.1) is 23.4 Å². The van der Waals surface area contributed by atoms with Crippen LogP contribution in [0.25, 0.3) is 11.1 Å². The molecule has 7 nitrogen and oxygen atoms in total. The van der Waals surface area contributed by atoms with Crippen molar-refractivity contribution in [3.8, 4) is 17.0 Å². The van der Waals surface area contributed by atoms with Gasteiger partial charge in [-0.3, -0.25) is 4.79 Å². The lowest BCUT2D eigenvalue weighted by Crippen LogP contribution is -2.48. The Morgan fingerprint density at radius 2 is 2.12 bits per heavy atom. The lowest BCUT2D eigenvalue weighted by Gasteiger charge is -2.41. The Labute approximate surface area is 201 Å². The van der Waals surface area contributed by atoms with Gasteiger partial charge in [-0.2, -0.15) is 0 Å². The number of anilines is 1. The predicted octanol–water partition coefficient (Wildman–Crippen LogP) is 5.56. The molecule has 0 bridgehead atoms. The number of urea groups is 1. The van der Waals surface area contributed by atoms with Crippen molar-refractivity contribution in [3.05, 3.63) is 75.0 Å². The van der Waals surface area contributed by atoms with Crippen LogP contribution in [-0.2, 0) is 6.42 Å². The van der Waals surface area contributed by atoms with Crippen molar-refractivity contribution >= 4 is 23.3 Å². The first-order valence-electron chi connectivity index (χ1n) is 11.2. The first-order valence-corrected chi connectivity index (χ1v) is 11.6. The fourth-order valence-electron chi connectivity index (χ4n) is 4.46. The third-order valence-electron chi connectivity index (χ3n) is 5.99. The highest BCUT2D eigenvalue weighted by Crippen LogP contribution is 2.36. The second kappa shape index (κ2) is 9.85. The molecule has 0 spiro atoms. The first kappa shape index (κ1) is 23.8. The summed E-state index contributed by atoms with van der Waals surface area (Å²) in [5.41, 5.74) is 2.74. The number of nitrogens with one attached hydrogen (secondary N) is 2. The van der Waals surface area contributed by atoms with E-state index in [2.05, 4.69) is 15.3 Å². The van der Waals surface area contributed by atoms with Crippen LogP contribution in [-0.4, -0.2) is 33.5 Å². The highest BCUT2D eigenvalue weighted by atomic mass is 35.5. The second-order valence-corrected chi connectivity index (χ2v) is 8.63. The maximum absolute atomic E-state index is 15.0. The van der Waals surface area contributed by atoms with Gasteiger partial charge in [0.1, 0.15) is 5.82 Å². The van der Waals surface area contributed by atoms with Crippen LogP contribution in [0.5, 0.6) is 5.88 Å².